The van der Waals surface area contributed by atoms with E-state index in [0.717, 1.165) is 28.3 Å². The zero-order valence-corrected chi connectivity index (χ0v) is 14.1. The summed E-state index contributed by atoms with van der Waals surface area (Å²) in [7, 11) is 0. The van der Waals surface area contributed by atoms with Crippen molar-refractivity contribution < 1.29 is 4.79 Å². The second-order valence-corrected chi connectivity index (χ2v) is 5.97. The van der Waals surface area contributed by atoms with Gasteiger partial charge in [0.15, 0.2) is 0 Å². The Balaban J connectivity index is 1.66. The van der Waals surface area contributed by atoms with Gasteiger partial charge < -0.3 is 10.3 Å². The number of amides is 1. The Morgan fingerprint density at radius 2 is 2.04 bits per heavy atom. The molecule has 0 spiro atoms. The predicted octanol–water partition coefficient (Wildman–Crippen LogP) is 2.63. The van der Waals surface area contributed by atoms with E-state index in [-0.39, 0.29) is 11.9 Å². The summed E-state index contributed by atoms with van der Waals surface area (Å²) < 4.78 is 1.92. The third kappa shape index (κ3) is 3.53. The molecule has 0 aliphatic heterocycles. The molecule has 0 radical (unpaired) electrons. The zero-order valence-electron chi connectivity index (χ0n) is 14.1. The van der Waals surface area contributed by atoms with Crippen molar-refractivity contribution in [3.63, 3.8) is 0 Å². The Hall–Kier alpha value is -2.89. The van der Waals surface area contributed by atoms with Crippen LogP contribution in [0.1, 0.15) is 35.6 Å². The first kappa shape index (κ1) is 16.0. The fourth-order valence-electron chi connectivity index (χ4n) is 2.72. The predicted molar refractivity (Wildman–Crippen MR) is 91.9 cm³/mol. The Morgan fingerprint density at radius 3 is 2.62 bits per heavy atom. The number of aromatic nitrogens is 4. The second-order valence-electron chi connectivity index (χ2n) is 5.97. The van der Waals surface area contributed by atoms with Crippen molar-refractivity contribution >= 4 is 5.91 Å². The summed E-state index contributed by atoms with van der Waals surface area (Å²) in [4.78, 5) is 18.9. The molecule has 0 fully saturated rings. The van der Waals surface area contributed by atoms with Crippen molar-refractivity contribution in [1.82, 2.24) is 25.1 Å². The van der Waals surface area contributed by atoms with Crippen molar-refractivity contribution in [2.24, 2.45) is 0 Å². The molecule has 0 aliphatic rings. The fraction of sp³-hybridized carbons (Fsp3) is 0.278. The number of aromatic amines is 1. The third-order valence-corrected chi connectivity index (χ3v) is 3.93. The van der Waals surface area contributed by atoms with Crippen LogP contribution >= 0.6 is 0 Å². The van der Waals surface area contributed by atoms with Gasteiger partial charge in [-0.25, -0.2) is 9.67 Å². The summed E-state index contributed by atoms with van der Waals surface area (Å²) in [6.45, 7) is 5.99. The number of hydrogen-bond donors (Lipinski definition) is 2. The van der Waals surface area contributed by atoms with Crippen molar-refractivity contribution in [2.45, 2.75) is 33.2 Å². The third-order valence-electron chi connectivity index (χ3n) is 3.93. The first-order valence-electron chi connectivity index (χ1n) is 7.93. The molecule has 2 heterocycles. The number of benzene rings is 1. The SMILES string of the molecule is Cc1cc(C)n(-c2ccc(C(C)NC(=O)Cc3cnc[nH]3)cc2)n1. The Bertz CT molecular complexity index is 818. The van der Waals surface area contributed by atoms with Crippen molar-refractivity contribution in [2.75, 3.05) is 0 Å². The largest absolute Gasteiger partial charge is 0.349 e. The first-order chi connectivity index (χ1) is 11.5. The van der Waals surface area contributed by atoms with Gasteiger partial charge in [0.1, 0.15) is 0 Å². The zero-order chi connectivity index (χ0) is 17.1. The van der Waals surface area contributed by atoms with Crippen molar-refractivity contribution in [3.8, 4) is 5.69 Å². The highest BCUT2D eigenvalue weighted by Crippen LogP contribution is 2.17. The molecule has 3 rings (SSSR count). The molecule has 0 aliphatic carbocycles. The van der Waals surface area contributed by atoms with E-state index in [1.807, 2.05) is 55.8 Å². The number of imidazole rings is 1. The van der Waals surface area contributed by atoms with Crippen LogP contribution in [0.15, 0.2) is 42.9 Å². The van der Waals surface area contributed by atoms with Crippen LogP contribution < -0.4 is 5.32 Å². The average molecular weight is 323 g/mol. The number of aryl methyl sites for hydroxylation is 2. The van der Waals surface area contributed by atoms with Gasteiger partial charge in [-0.05, 0) is 44.5 Å². The molecule has 1 unspecified atom stereocenters. The minimum Gasteiger partial charge on any atom is -0.349 e. The number of hydrogen-bond acceptors (Lipinski definition) is 3. The highest BCUT2D eigenvalue weighted by Gasteiger charge is 2.11. The number of rotatable bonds is 5. The van der Waals surface area contributed by atoms with Crippen LogP contribution in [-0.2, 0) is 11.2 Å². The van der Waals surface area contributed by atoms with E-state index < -0.39 is 0 Å². The molecule has 2 aromatic heterocycles. The summed E-state index contributed by atoms with van der Waals surface area (Å²) >= 11 is 0. The summed E-state index contributed by atoms with van der Waals surface area (Å²) in [6, 6.07) is 10.1. The molecule has 124 valence electrons. The average Bonchev–Trinajstić information content (AvgIpc) is 3.16. The molecule has 1 amide bonds. The summed E-state index contributed by atoms with van der Waals surface area (Å²) in [5.41, 5.74) is 4.97. The maximum atomic E-state index is 12.1. The molecular weight excluding hydrogens is 302 g/mol. The van der Waals surface area contributed by atoms with Crippen LogP contribution in [0.2, 0.25) is 0 Å². The van der Waals surface area contributed by atoms with Gasteiger partial charge in [0.25, 0.3) is 0 Å². The maximum Gasteiger partial charge on any atom is 0.226 e. The summed E-state index contributed by atoms with van der Waals surface area (Å²) in [6.07, 6.45) is 3.53. The Morgan fingerprint density at radius 1 is 1.29 bits per heavy atom. The van der Waals surface area contributed by atoms with E-state index in [2.05, 4.69) is 20.4 Å². The standard InChI is InChI=1S/C18H21N5O/c1-12-8-13(2)23(22-12)17-6-4-15(5-7-17)14(3)21-18(24)9-16-10-19-11-20-16/h4-8,10-11,14H,9H2,1-3H3,(H,19,20)(H,21,24). The van der Waals surface area contributed by atoms with E-state index >= 15 is 0 Å². The molecule has 24 heavy (non-hydrogen) atoms. The van der Waals surface area contributed by atoms with Crippen LogP contribution in [0.3, 0.4) is 0 Å². The molecule has 3 aromatic rings. The molecule has 6 heteroatoms. The van der Waals surface area contributed by atoms with Crippen LogP contribution in [0.5, 0.6) is 0 Å². The van der Waals surface area contributed by atoms with E-state index in [4.69, 9.17) is 0 Å². The molecule has 1 atom stereocenters. The monoisotopic (exact) mass is 323 g/mol. The van der Waals surface area contributed by atoms with Gasteiger partial charge in [-0.1, -0.05) is 12.1 Å². The van der Waals surface area contributed by atoms with Gasteiger partial charge in [0.2, 0.25) is 5.91 Å². The number of carbonyl (C=O) groups excluding carboxylic acids is 1. The van der Waals surface area contributed by atoms with Crippen LogP contribution in [-0.4, -0.2) is 25.7 Å². The normalized spacial score (nSPS) is 12.1. The van der Waals surface area contributed by atoms with Gasteiger partial charge in [-0.15, -0.1) is 0 Å². The maximum absolute atomic E-state index is 12.1. The van der Waals surface area contributed by atoms with Gasteiger partial charge in [0.05, 0.1) is 30.2 Å². The number of H-pyrrole nitrogens is 1. The topological polar surface area (TPSA) is 75.6 Å². The summed E-state index contributed by atoms with van der Waals surface area (Å²) in [5, 5.41) is 7.48. The lowest BCUT2D eigenvalue weighted by Crippen LogP contribution is -2.28. The highest BCUT2D eigenvalue weighted by molar-refractivity contribution is 5.78. The van der Waals surface area contributed by atoms with Gasteiger partial charge in [-0.3, -0.25) is 4.79 Å². The second kappa shape index (κ2) is 6.70. The molecule has 6 nitrogen and oxygen atoms in total. The minimum absolute atomic E-state index is 0.0330. The van der Waals surface area contributed by atoms with Gasteiger partial charge in [0, 0.05) is 17.6 Å². The molecule has 1 aromatic carbocycles. The lowest BCUT2D eigenvalue weighted by Gasteiger charge is -2.15. The minimum atomic E-state index is -0.0603. The molecule has 2 N–H and O–H groups in total. The smallest absolute Gasteiger partial charge is 0.226 e. The van der Waals surface area contributed by atoms with Crippen LogP contribution in [0.25, 0.3) is 5.69 Å². The fourth-order valence-corrected chi connectivity index (χ4v) is 2.72. The van der Waals surface area contributed by atoms with Crippen LogP contribution in [0.4, 0.5) is 0 Å². The molecule has 0 saturated carbocycles. The Labute approximate surface area is 140 Å². The molecular formula is C18H21N5O. The van der Waals surface area contributed by atoms with E-state index in [1.54, 1.807) is 12.5 Å². The van der Waals surface area contributed by atoms with Crippen LogP contribution in [0, 0.1) is 13.8 Å². The molecule has 0 saturated heterocycles. The lowest BCUT2D eigenvalue weighted by atomic mass is 10.1. The van der Waals surface area contributed by atoms with E-state index in [9.17, 15) is 4.79 Å². The van der Waals surface area contributed by atoms with E-state index in [1.165, 1.54) is 0 Å². The van der Waals surface area contributed by atoms with Crippen molar-refractivity contribution in [1.29, 1.82) is 0 Å². The number of nitrogens with zero attached hydrogens (tertiary/aromatic N) is 3. The highest BCUT2D eigenvalue weighted by atomic mass is 16.1. The quantitative estimate of drug-likeness (QED) is 0.758. The molecule has 0 bridgehead atoms. The van der Waals surface area contributed by atoms with E-state index in [0.29, 0.717) is 6.42 Å². The number of nitrogens with one attached hydrogen (secondary N) is 2. The lowest BCUT2D eigenvalue weighted by molar-refractivity contribution is -0.121. The number of carbonyl (C=O) groups is 1. The van der Waals surface area contributed by atoms with Crippen molar-refractivity contribution in [3.05, 3.63) is 65.5 Å². The Kier molecular flexibility index (Phi) is 4.46. The van der Waals surface area contributed by atoms with Gasteiger partial charge in [-0.2, -0.15) is 5.10 Å². The first-order valence-corrected chi connectivity index (χ1v) is 7.93. The van der Waals surface area contributed by atoms with Gasteiger partial charge >= 0.3 is 0 Å². The summed E-state index contributed by atoms with van der Waals surface area (Å²) in [5.74, 6) is -0.0330.